The van der Waals surface area contributed by atoms with E-state index in [1.807, 2.05) is 41.3 Å². The standard InChI is InChI=1S/C28H35NO5S/c1-19-8-10-21(11-9-19)26(30)29(22-12-14-28(15-13-22)33-16-17-34-28)23-18-24(20-6-4-3-5-7-20)35-25(23)27(31)32-2/h3-7,18-19,21-22H,8-17H2,1-2H3. The molecule has 0 unspecified atom stereocenters. The summed E-state index contributed by atoms with van der Waals surface area (Å²) in [5.41, 5.74) is 1.72. The predicted molar refractivity (Wildman–Crippen MR) is 137 cm³/mol. The number of rotatable bonds is 5. The second kappa shape index (κ2) is 10.4. The molecule has 0 bridgehead atoms. The lowest BCUT2D eigenvalue weighted by molar-refractivity contribution is -0.179. The maximum absolute atomic E-state index is 14.1. The van der Waals surface area contributed by atoms with Crippen LogP contribution in [0.4, 0.5) is 5.69 Å². The summed E-state index contributed by atoms with van der Waals surface area (Å²) in [5.74, 6) is -0.0898. The SMILES string of the molecule is COC(=O)c1sc(-c2ccccc2)cc1N(C(=O)C1CCC(C)CC1)C1CCC2(CC1)OCCO2. The van der Waals surface area contributed by atoms with Gasteiger partial charge in [0.2, 0.25) is 5.91 Å². The van der Waals surface area contributed by atoms with Crippen LogP contribution in [0, 0.1) is 11.8 Å². The summed E-state index contributed by atoms with van der Waals surface area (Å²) in [6.45, 7) is 3.52. The van der Waals surface area contributed by atoms with Gasteiger partial charge in [0.05, 0.1) is 26.0 Å². The Kier molecular flexibility index (Phi) is 7.28. The van der Waals surface area contributed by atoms with Crippen LogP contribution in [-0.4, -0.2) is 44.0 Å². The van der Waals surface area contributed by atoms with Crippen LogP contribution in [0.1, 0.15) is 68.0 Å². The van der Waals surface area contributed by atoms with Crippen LogP contribution < -0.4 is 4.90 Å². The summed E-state index contributed by atoms with van der Waals surface area (Å²) >= 11 is 1.40. The zero-order valence-corrected chi connectivity index (χ0v) is 21.5. The molecule has 3 aliphatic rings. The Bertz CT molecular complexity index is 1030. The predicted octanol–water partition coefficient (Wildman–Crippen LogP) is 6.05. The van der Waals surface area contributed by atoms with Crippen molar-refractivity contribution in [3.63, 3.8) is 0 Å². The van der Waals surface area contributed by atoms with E-state index in [4.69, 9.17) is 14.2 Å². The van der Waals surface area contributed by atoms with E-state index >= 15 is 0 Å². The van der Waals surface area contributed by atoms with E-state index in [9.17, 15) is 9.59 Å². The van der Waals surface area contributed by atoms with Gasteiger partial charge in [0, 0.05) is 29.7 Å². The molecule has 2 aliphatic carbocycles. The van der Waals surface area contributed by atoms with E-state index in [1.165, 1.54) is 18.4 Å². The number of methoxy groups -OCH3 is 1. The highest BCUT2D eigenvalue weighted by atomic mass is 32.1. The van der Waals surface area contributed by atoms with Crippen molar-refractivity contribution in [3.05, 3.63) is 41.3 Å². The van der Waals surface area contributed by atoms with Gasteiger partial charge in [-0.25, -0.2) is 4.79 Å². The molecule has 1 aliphatic heterocycles. The molecule has 1 spiro atoms. The summed E-state index contributed by atoms with van der Waals surface area (Å²) in [5, 5.41) is 0. The normalized spacial score (nSPS) is 24.4. The van der Waals surface area contributed by atoms with Gasteiger partial charge >= 0.3 is 5.97 Å². The van der Waals surface area contributed by atoms with Crippen LogP contribution in [0.2, 0.25) is 0 Å². The number of esters is 1. The molecule has 0 N–H and O–H groups in total. The first-order valence-corrected chi connectivity index (χ1v) is 13.7. The van der Waals surface area contributed by atoms with Crippen molar-refractivity contribution in [1.82, 2.24) is 0 Å². The maximum Gasteiger partial charge on any atom is 0.350 e. The Morgan fingerprint density at radius 2 is 1.66 bits per heavy atom. The van der Waals surface area contributed by atoms with Crippen LogP contribution in [-0.2, 0) is 19.0 Å². The minimum absolute atomic E-state index is 0.00176. The highest BCUT2D eigenvalue weighted by Crippen LogP contribution is 2.44. The van der Waals surface area contributed by atoms with Crippen LogP contribution in [0.3, 0.4) is 0 Å². The molecule has 5 rings (SSSR count). The molecule has 2 heterocycles. The zero-order valence-electron chi connectivity index (χ0n) is 20.7. The lowest BCUT2D eigenvalue weighted by Gasteiger charge is -2.42. The molecule has 0 atom stereocenters. The minimum Gasteiger partial charge on any atom is -0.465 e. The van der Waals surface area contributed by atoms with E-state index in [1.54, 1.807) is 0 Å². The summed E-state index contributed by atoms with van der Waals surface area (Å²) in [7, 11) is 1.40. The van der Waals surface area contributed by atoms with Crippen LogP contribution in [0.15, 0.2) is 36.4 Å². The van der Waals surface area contributed by atoms with E-state index < -0.39 is 11.8 Å². The average molecular weight is 498 g/mol. The number of amides is 1. The number of carbonyl (C=O) groups excluding carboxylic acids is 2. The third-order valence-corrected chi connectivity index (χ3v) is 9.05. The summed E-state index contributed by atoms with van der Waals surface area (Å²) < 4.78 is 17.1. The molecule has 1 saturated heterocycles. The Morgan fingerprint density at radius 3 is 2.29 bits per heavy atom. The van der Waals surface area contributed by atoms with Crippen LogP contribution in [0.25, 0.3) is 10.4 Å². The Morgan fingerprint density at radius 1 is 1.00 bits per heavy atom. The largest absolute Gasteiger partial charge is 0.465 e. The van der Waals surface area contributed by atoms with Gasteiger partial charge in [0.1, 0.15) is 4.88 Å². The van der Waals surface area contributed by atoms with Crippen molar-refractivity contribution < 1.29 is 23.8 Å². The molecule has 1 aromatic carbocycles. The Labute approximate surface area is 211 Å². The van der Waals surface area contributed by atoms with Crippen LogP contribution in [0.5, 0.6) is 0 Å². The highest BCUT2D eigenvalue weighted by Gasteiger charge is 2.44. The van der Waals surface area contributed by atoms with E-state index in [0.29, 0.717) is 29.7 Å². The summed E-state index contributed by atoms with van der Waals surface area (Å²) in [6.07, 6.45) is 7.03. The molecule has 0 radical (unpaired) electrons. The van der Waals surface area contributed by atoms with E-state index in [-0.39, 0.29) is 17.9 Å². The van der Waals surface area contributed by atoms with Gasteiger partial charge in [-0.15, -0.1) is 11.3 Å². The van der Waals surface area contributed by atoms with Crippen molar-refractivity contribution in [1.29, 1.82) is 0 Å². The number of benzene rings is 1. The van der Waals surface area contributed by atoms with Crippen molar-refractivity contribution in [2.24, 2.45) is 11.8 Å². The fraction of sp³-hybridized carbons (Fsp3) is 0.571. The molecule has 35 heavy (non-hydrogen) atoms. The Hall–Kier alpha value is -2.22. The first kappa shape index (κ1) is 24.5. The van der Waals surface area contributed by atoms with Gasteiger partial charge in [0.25, 0.3) is 0 Å². The maximum atomic E-state index is 14.1. The van der Waals surface area contributed by atoms with Gasteiger partial charge in [0.15, 0.2) is 5.79 Å². The van der Waals surface area contributed by atoms with Crippen molar-refractivity contribution >= 4 is 28.9 Å². The van der Waals surface area contributed by atoms with Gasteiger partial charge in [-0.05, 0) is 56.1 Å². The molecule has 2 aromatic rings. The molecular weight excluding hydrogens is 462 g/mol. The third-order valence-electron chi connectivity index (χ3n) is 7.90. The second-order valence-corrected chi connectivity index (χ2v) is 11.2. The second-order valence-electron chi connectivity index (χ2n) is 10.2. The first-order chi connectivity index (χ1) is 17.0. The number of hydrogen-bond acceptors (Lipinski definition) is 6. The third kappa shape index (κ3) is 5.04. The number of hydrogen-bond donors (Lipinski definition) is 0. The van der Waals surface area contributed by atoms with E-state index in [0.717, 1.165) is 61.8 Å². The van der Waals surface area contributed by atoms with Gasteiger partial charge in [-0.2, -0.15) is 0 Å². The molecule has 1 aromatic heterocycles. The topological polar surface area (TPSA) is 65.1 Å². The Balaban J connectivity index is 1.51. The van der Waals surface area contributed by atoms with Crippen molar-refractivity contribution in [3.8, 4) is 10.4 Å². The zero-order chi connectivity index (χ0) is 24.4. The number of nitrogens with zero attached hydrogens (tertiary/aromatic N) is 1. The summed E-state index contributed by atoms with van der Waals surface area (Å²) in [4.78, 5) is 30.5. The molecule has 2 saturated carbocycles. The number of ether oxygens (including phenoxy) is 3. The quantitative estimate of drug-likeness (QED) is 0.471. The van der Waals surface area contributed by atoms with E-state index in [2.05, 4.69) is 6.92 Å². The van der Waals surface area contributed by atoms with Crippen molar-refractivity contribution in [2.45, 2.75) is 70.1 Å². The minimum atomic E-state index is -0.499. The first-order valence-electron chi connectivity index (χ1n) is 12.9. The van der Waals surface area contributed by atoms with Crippen LogP contribution >= 0.6 is 11.3 Å². The lowest BCUT2D eigenvalue weighted by atomic mass is 9.81. The van der Waals surface area contributed by atoms with Gasteiger partial charge in [-0.3, -0.25) is 4.79 Å². The molecular formula is C28H35NO5S. The molecule has 1 amide bonds. The fourth-order valence-corrected chi connectivity index (χ4v) is 6.90. The van der Waals surface area contributed by atoms with Crippen molar-refractivity contribution in [2.75, 3.05) is 25.2 Å². The molecule has 6 nitrogen and oxygen atoms in total. The summed E-state index contributed by atoms with van der Waals surface area (Å²) in [6, 6.07) is 12.0. The number of thiophene rings is 1. The molecule has 7 heteroatoms. The fourth-order valence-electron chi connectivity index (χ4n) is 5.83. The van der Waals surface area contributed by atoms with Gasteiger partial charge in [-0.1, -0.05) is 37.3 Å². The molecule has 188 valence electrons. The lowest BCUT2D eigenvalue weighted by Crippen LogP contribution is -2.49. The average Bonchev–Trinajstić information content (AvgIpc) is 3.54. The molecule has 3 fully saturated rings. The smallest absolute Gasteiger partial charge is 0.350 e. The number of carbonyl (C=O) groups is 2. The van der Waals surface area contributed by atoms with Gasteiger partial charge < -0.3 is 19.1 Å². The highest BCUT2D eigenvalue weighted by molar-refractivity contribution is 7.18. The number of anilines is 1. The monoisotopic (exact) mass is 497 g/mol.